The summed E-state index contributed by atoms with van der Waals surface area (Å²) in [4.78, 5) is 10.9. The highest BCUT2D eigenvalue weighted by molar-refractivity contribution is 7.98. The van der Waals surface area contributed by atoms with Crippen molar-refractivity contribution in [1.29, 1.82) is 0 Å². The topological polar surface area (TPSA) is 74.7 Å². The Morgan fingerprint density at radius 3 is 2.48 bits per heavy atom. The molecule has 0 aliphatic heterocycles. The van der Waals surface area contributed by atoms with Crippen LogP contribution in [0, 0.1) is 0 Å². The van der Waals surface area contributed by atoms with Crippen molar-refractivity contribution in [1.82, 2.24) is 4.31 Å². The van der Waals surface area contributed by atoms with Gasteiger partial charge in [0.2, 0.25) is 10.0 Å². The molecule has 0 aliphatic carbocycles. The van der Waals surface area contributed by atoms with Crippen LogP contribution in [0.2, 0.25) is 10.0 Å². The van der Waals surface area contributed by atoms with Crippen LogP contribution >= 0.6 is 35.0 Å². The van der Waals surface area contributed by atoms with E-state index in [9.17, 15) is 13.2 Å². The van der Waals surface area contributed by atoms with Crippen LogP contribution in [0.1, 0.15) is 17.3 Å². The van der Waals surface area contributed by atoms with Gasteiger partial charge in [-0.3, -0.25) is 0 Å². The van der Waals surface area contributed by atoms with Gasteiger partial charge < -0.3 is 5.11 Å². The maximum absolute atomic E-state index is 12.6. The smallest absolute Gasteiger partial charge is 0.338 e. The van der Waals surface area contributed by atoms with Crippen LogP contribution in [0.4, 0.5) is 0 Å². The Labute approximate surface area is 138 Å². The minimum absolute atomic E-state index is 0.105. The predicted octanol–water partition coefficient (Wildman–Crippen LogP) is 3.06. The van der Waals surface area contributed by atoms with Crippen molar-refractivity contribution >= 4 is 51.0 Å². The van der Waals surface area contributed by atoms with E-state index in [1.54, 1.807) is 6.92 Å². The SMILES string of the molecule is CSCC(C)N(C)S(=O)(=O)c1ccc(Cl)c(C(=O)O)c1Cl. The summed E-state index contributed by atoms with van der Waals surface area (Å²) in [6.07, 6.45) is 1.87. The maximum atomic E-state index is 12.6. The molecule has 5 nitrogen and oxygen atoms in total. The van der Waals surface area contributed by atoms with E-state index in [4.69, 9.17) is 28.3 Å². The number of benzene rings is 1. The number of nitrogens with zero attached hydrogens (tertiary/aromatic N) is 1. The predicted molar refractivity (Wildman–Crippen MR) is 86.2 cm³/mol. The summed E-state index contributed by atoms with van der Waals surface area (Å²) < 4.78 is 26.3. The lowest BCUT2D eigenvalue weighted by molar-refractivity contribution is 0.0697. The molecule has 21 heavy (non-hydrogen) atoms. The van der Waals surface area contributed by atoms with Gasteiger partial charge >= 0.3 is 5.97 Å². The van der Waals surface area contributed by atoms with Crippen molar-refractivity contribution < 1.29 is 18.3 Å². The van der Waals surface area contributed by atoms with Crippen molar-refractivity contribution in [2.45, 2.75) is 17.9 Å². The van der Waals surface area contributed by atoms with Gasteiger partial charge in [0.15, 0.2) is 0 Å². The normalized spacial score (nSPS) is 13.4. The van der Waals surface area contributed by atoms with E-state index in [0.717, 1.165) is 0 Å². The van der Waals surface area contributed by atoms with Gasteiger partial charge in [0.05, 0.1) is 15.6 Å². The van der Waals surface area contributed by atoms with Crippen molar-refractivity contribution in [3.05, 3.63) is 27.7 Å². The number of carboxylic acids is 1. The van der Waals surface area contributed by atoms with E-state index in [2.05, 4.69) is 0 Å². The van der Waals surface area contributed by atoms with Crippen LogP contribution in [0.15, 0.2) is 17.0 Å². The zero-order valence-corrected chi connectivity index (χ0v) is 14.8. The van der Waals surface area contributed by atoms with E-state index in [0.29, 0.717) is 5.75 Å². The summed E-state index contributed by atoms with van der Waals surface area (Å²) in [5.74, 6) is -0.769. The number of halogens is 2. The highest BCUT2D eigenvalue weighted by Crippen LogP contribution is 2.33. The lowest BCUT2D eigenvalue weighted by Crippen LogP contribution is -2.36. The molecule has 0 amide bonds. The Morgan fingerprint density at radius 1 is 1.43 bits per heavy atom. The first-order chi connectivity index (χ1) is 9.64. The van der Waals surface area contributed by atoms with Gasteiger partial charge in [-0.15, -0.1) is 0 Å². The number of aromatic carboxylic acids is 1. The first kappa shape index (κ1) is 18.6. The second-order valence-electron chi connectivity index (χ2n) is 4.37. The number of rotatable bonds is 6. The molecule has 1 atom stereocenters. The van der Waals surface area contributed by atoms with Crippen LogP contribution in [0.5, 0.6) is 0 Å². The van der Waals surface area contributed by atoms with Gasteiger partial charge in [-0.25, -0.2) is 13.2 Å². The number of thioether (sulfide) groups is 1. The van der Waals surface area contributed by atoms with Gasteiger partial charge in [-0.05, 0) is 25.3 Å². The summed E-state index contributed by atoms with van der Waals surface area (Å²) in [6.45, 7) is 1.76. The van der Waals surface area contributed by atoms with Crippen molar-refractivity contribution in [2.75, 3.05) is 19.1 Å². The van der Waals surface area contributed by atoms with Crippen LogP contribution in [-0.2, 0) is 10.0 Å². The Hall–Kier alpha value is -0.470. The number of carbonyl (C=O) groups is 1. The maximum Gasteiger partial charge on any atom is 0.338 e. The molecule has 0 fully saturated rings. The Kier molecular flexibility index (Phi) is 6.36. The molecule has 0 bridgehead atoms. The van der Waals surface area contributed by atoms with Crippen molar-refractivity contribution in [3.63, 3.8) is 0 Å². The Morgan fingerprint density at radius 2 is 2.00 bits per heavy atom. The molecule has 0 aliphatic rings. The van der Waals surface area contributed by atoms with E-state index < -0.39 is 21.6 Å². The minimum Gasteiger partial charge on any atom is -0.478 e. The third kappa shape index (κ3) is 3.84. The van der Waals surface area contributed by atoms with E-state index in [-0.39, 0.29) is 21.0 Å². The van der Waals surface area contributed by atoms with Gasteiger partial charge in [-0.1, -0.05) is 23.2 Å². The highest BCUT2D eigenvalue weighted by Gasteiger charge is 2.30. The number of hydrogen-bond donors (Lipinski definition) is 1. The molecule has 0 heterocycles. The molecule has 1 rings (SSSR count). The van der Waals surface area contributed by atoms with Crippen molar-refractivity contribution in [2.24, 2.45) is 0 Å². The molecular formula is C12H15Cl2NO4S2. The molecular weight excluding hydrogens is 357 g/mol. The quantitative estimate of drug-likeness (QED) is 0.831. The molecule has 9 heteroatoms. The molecule has 118 valence electrons. The Balaban J connectivity index is 3.40. The van der Waals surface area contributed by atoms with Crippen LogP contribution in [0.3, 0.4) is 0 Å². The van der Waals surface area contributed by atoms with Gasteiger partial charge in [0.25, 0.3) is 0 Å². The lowest BCUT2D eigenvalue weighted by atomic mass is 10.2. The number of hydrogen-bond acceptors (Lipinski definition) is 4. The average molecular weight is 372 g/mol. The molecule has 0 radical (unpaired) electrons. The fraction of sp³-hybridized carbons (Fsp3) is 0.417. The van der Waals surface area contributed by atoms with E-state index in [1.165, 1.54) is 35.2 Å². The minimum atomic E-state index is -3.90. The molecule has 0 saturated heterocycles. The molecule has 1 N–H and O–H groups in total. The Bertz CT molecular complexity index is 649. The molecule has 1 unspecified atom stereocenters. The summed E-state index contributed by atoms with van der Waals surface area (Å²) in [7, 11) is -2.47. The summed E-state index contributed by atoms with van der Waals surface area (Å²) in [5, 5.41) is 8.61. The standard InChI is InChI=1S/C12H15Cl2NO4S2/c1-7(6-20-3)15(2)21(18,19)9-5-4-8(13)10(11(9)14)12(16)17/h4-5,7H,6H2,1-3H3,(H,16,17). The molecule has 0 aromatic heterocycles. The second-order valence-corrected chi connectivity index (χ2v) is 8.03. The summed E-state index contributed by atoms with van der Waals surface area (Å²) in [5.41, 5.74) is -0.412. The van der Waals surface area contributed by atoms with E-state index >= 15 is 0 Å². The van der Waals surface area contributed by atoms with Crippen molar-refractivity contribution in [3.8, 4) is 0 Å². The van der Waals surface area contributed by atoms with Gasteiger partial charge in [0, 0.05) is 18.8 Å². The third-order valence-corrected chi connectivity index (χ3v) is 6.60. The fourth-order valence-corrected chi connectivity index (χ4v) is 4.72. The van der Waals surface area contributed by atoms with Crippen LogP contribution < -0.4 is 0 Å². The zero-order chi connectivity index (χ0) is 16.4. The van der Waals surface area contributed by atoms with E-state index in [1.807, 2.05) is 6.26 Å². The van der Waals surface area contributed by atoms with Gasteiger partial charge in [-0.2, -0.15) is 16.1 Å². The fourth-order valence-electron chi connectivity index (χ4n) is 1.67. The van der Waals surface area contributed by atoms with Crippen LogP contribution in [-0.4, -0.2) is 48.9 Å². The highest BCUT2D eigenvalue weighted by atomic mass is 35.5. The molecule has 1 aromatic rings. The summed E-state index contributed by atoms with van der Waals surface area (Å²) >= 11 is 13.2. The largest absolute Gasteiger partial charge is 0.478 e. The molecule has 0 spiro atoms. The molecule has 1 aromatic carbocycles. The molecule has 0 saturated carbocycles. The van der Waals surface area contributed by atoms with Crippen LogP contribution in [0.25, 0.3) is 0 Å². The second kappa shape index (κ2) is 7.19. The monoisotopic (exact) mass is 371 g/mol. The zero-order valence-electron chi connectivity index (χ0n) is 11.6. The number of carboxylic acid groups (broad SMARTS) is 1. The number of sulfonamides is 1. The first-order valence-corrected chi connectivity index (χ1v) is 9.41. The lowest BCUT2D eigenvalue weighted by Gasteiger charge is -2.24. The van der Waals surface area contributed by atoms with Gasteiger partial charge in [0.1, 0.15) is 4.90 Å². The average Bonchev–Trinajstić information content (AvgIpc) is 2.37. The first-order valence-electron chi connectivity index (χ1n) is 5.82. The summed E-state index contributed by atoms with van der Waals surface area (Å²) in [6, 6.07) is 2.18. The third-order valence-electron chi connectivity index (χ3n) is 2.96.